The number of esters is 1. The summed E-state index contributed by atoms with van der Waals surface area (Å²) >= 11 is 0. The number of hydrogen-bond donors (Lipinski definition) is 2. The highest BCUT2D eigenvalue weighted by atomic mass is 16.5. The van der Waals surface area contributed by atoms with Gasteiger partial charge in [-0.1, -0.05) is 50.1 Å². The normalized spacial score (nSPS) is 12.6. The number of hydrogen-bond acceptors (Lipinski definition) is 5. The van der Waals surface area contributed by atoms with Crippen molar-refractivity contribution in [3.05, 3.63) is 35.9 Å². The van der Waals surface area contributed by atoms with Crippen LogP contribution >= 0.6 is 0 Å². The highest BCUT2D eigenvalue weighted by Crippen LogP contribution is 2.04. The molecule has 0 aliphatic heterocycles. The molecule has 7 nitrogen and oxygen atoms in total. The first-order valence-corrected chi connectivity index (χ1v) is 8.33. The van der Waals surface area contributed by atoms with Gasteiger partial charge in [0.05, 0.1) is 7.11 Å². The van der Waals surface area contributed by atoms with Gasteiger partial charge in [0, 0.05) is 0 Å². The van der Waals surface area contributed by atoms with Crippen LogP contribution < -0.4 is 10.6 Å². The highest BCUT2D eigenvalue weighted by molar-refractivity contribution is 5.89. The number of methoxy groups -OCH3 is 1. The summed E-state index contributed by atoms with van der Waals surface area (Å²) in [7, 11) is 1.27. The molecule has 0 aliphatic carbocycles. The monoisotopic (exact) mass is 350 g/mol. The van der Waals surface area contributed by atoms with Crippen molar-refractivity contribution >= 4 is 18.0 Å². The molecular weight excluding hydrogens is 324 g/mol. The zero-order chi connectivity index (χ0) is 18.7. The van der Waals surface area contributed by atoms with Crippen LogP contribution in [0, 0.1) is 0 Å². The second-order valence-electron chi connectivity index (χ2n) is 5.65. The zero-order valence-corrected chi connectivity index (χ0v) is 14.9. The van der Waals surface area contributed by atoms with Gasteiger partial charge in [-0.3, -0.25) is 4.79 Å². The average molecular weight is 350 g/mol. The molecule has 0 saturated carbocycles. The molecule has 0 aromatic heterocycles. The molecule has 0 heterocycles. The van der Waals surface area contributed by atoms with E-state index in [2.05, 4.69) is 10.6 Å². The Balaban J connectivity index is 2.45. The van der Waals surface area contributed by atoms with E-state index in [0.717, 1.165) is 18.4 Å². The molecule has 2 N–H and O–H groups in total. The molecule has 138 valence electrons. The fourth-order valence-electron chi connectivity index (χ4n) is 2.10. The standard InChI is InChI=1S/C18H26N2O5/c1-4-5-11-15(17(22)24-3)20-16(21)13(2)19-18(23)25-12-14-9-7-6-8-10-14/h6-10,13,15H,4-5,11-12H2,1-3H3,(H,19,23)(H,20,21). The minimum Gasteiger partial charge on any atom is -0.467 e. The van der Waals surface area contributed by atoms with Gasteiger partial charge in [0.25, 0.3) is 0 Å². The summed E-state index contributed by atoms with van der Waals surface area (Å²) in [5.41, 5.74) is 0.847. The van der Waals surface area contributed by atoms with E-state index in [4.69, 9.17) is 9.47 Å². The predicted molar refractivity (Wildman–Crippen MR) is 92.7 cm³/mol. The first kappa shape index (κ1) is 20.5. The number of alkyl carbamates (subject to hydrolysis) is 1. The van der Waals surface area contributed by atoms with Crippen molar-refractivity contribution < 1.29 is 23.9 Å². The summed E-state index contributed by atoms with van der Waals surface area (Å²) in [6.45, 7) is 3.62. The Labute approximate surface area is 148 Å². The van der Waals surface area contributed by atoms with Gasteiger partial charge in [0.15, 0.2) is 0 Å². The number of carbonyl (C=O) groups excluding carboxylic acids is 3. The van der Waals surface area contributed by atoms with E-state index in [1.807, 2.05) is 37.3 Å². The van der Waals surface area contributed by atoms with Crippen LogP contribution in [0.3, 0.4) is 0 Å². The lowest BCUT2D eigenvalue weighted by Gasteiger charge is -2.19. The van der Waals surface area contributed by atoms with Crippen LogP contribution in [-0.2, 0) is 25.7 Å². The van der Waals surface area contributed by atoms with Gasteiger partial charge in [0.2, 0.25) is 5.91 Å². The molecule has 2 atom stereocenters. The first-order chi connectivity index (χ1) is 12.0. The maximum atomic E-state index is 12.2. The van der Waals surface area contributed by atoms with Crippen LogP contribution in [0.5, 0.6) is 0 Å². The van der Waals surface area contributed by atoms with Crippen LogP contribution in [-0.4, -0.2) is 37.2 Å². The molecule has 0 radical (unpaired) electrons. The van der Waals surface area contributed by atoms with Gasteiger partial charge in [-0.15, -0.1) is 0 Å². The fraction of sp³-hybridized carbons (Fsp3) is 0.500. The maximum Gasteiger partial charge on any atom is 0.408 e. The molecule has 2 unspecified atom stereocenters. The molecule has 7 heteroatoms. The predicted octanol–water partition coefficient (Wildman–Crippen LogP) is 2.15. The van der Waals surface area contributed by atoms with Gasteiger partial charge in [-0.25, -0.2) is 9.59 Å². The van der Waals surface area contributed by atoms with Crippen molar-refractivity contribution in [2.24, 2.45) is 0 Å². The second-order valence-corrected chi connectivity index (χ2v) is 5.65. The van der Waals surface area contributed by atoms with Crippen molar-refractivity contribution in [1.82, 2.24) is 10.6 Å². The number of carbonyl (C=O) groups is 3. The summed E-state index contributed by atoms with van der Waals surface area (Å²) in [6.07, 6.45) is 1.46. The highest BCUT2D eigenvalue weighted by Gasteiger charge is 2.24. The van der Waals surface area contributed by atoms with Crippen LogP contribution in [0.4, 0.5) is 4.79 Å². The molecule has 0 saturated heterocycles. The third kappa shape index (κ3) is 7.69. The van der Waals surface area contributed by atoms with Crippen molar-refractivity contribution in [2.45, 2.75) is 51.8 Å². The summed E-state index contributed by atoms with van der Waals surface area (Å²) in [4.78, 5) is 35.6. The number of benzene rings is 1. The van der Waals surface area contributed by atoms with E-state index in [9.17, 15) is 14.4 Å². The van der Waals surface area contributed by atoms with Crippen LogP contribution in [0.2, 0.25) is 0 Å². The summed E-state index contributed by atoms with van der Waals surface area (Å²) in [6, 6.07) is 7.66. The molecule has 0 aliphatic rings. The molecule has 0 spiro atoms. The first-order valence-electron chi connectivity index (χ1n) is 8.33. The SMILES string of the molecule is CCCCC(NC(=O)C(C)NC(=O)OCc1ccccc1)C(=O)OC. The third-order valence-electron chi connectivity index (χ3n) is 3.59. The van der Waals surface area contributed by atoms with E-state index in [-0.39, 0.29) is 6.61 Å². The van der Waals surface area contributed by atoms with Crippen LogP contribution in [0.1, 0.15) is 38.7 Å². The lowest BCUT2D eigenvalue weighted by molar-refractivity contribution is -0.145. The molecule has 1 rings (SSSR count). The third-order valence-corrected chi connectivity index (χ3v) is 3.59. The van der Waals surface area contributed by atoms with Crippen molar-refractivity contribution in [1.29, 1.82) is 0 Å². The fourth-order valence-corrected chi connectivity index (χ4v) is 2.10. The quantitative estimate of drug-likeness (QED) is 0.666. The molecule has 25 heavy (non-hydrogen) atoms. The molecule has 1 aromatic carbocycles. The van der Waals surface area contributed by atoms with E-state index in [1.54, 1.807) is 0 Å². The number of rotatable bonds is 9. The lowest BCUT2D eigenvalue weighted by atomic mass is 10.1. The number of unbranched alkanes of at least 4 members (excludes halogenated alkanes) is 1. The van der Waals surface area contributed by atoms with Gasteiger partial charge in [-0.2, -0.15) is 0 Å². The maximum absolute atomic E-state index is 12.2. The van der Waals surface area contributed by atoms with E-state index >= 15 is 0 Å². The van der Waals surface area contributed by atoms with Gasteiger partial charge in [0.1, 0.15) is 18.7 Å². The van der Waals surface area contributed by atoms with E-state index in [1.165, 1.54) is 14.0 Å². The number of nitrogens with one attached hydrogen (secondary N) is 2. The van der Waals surface area contributed by atoms with Gasteiger partial charge < -0.3 is 20.1 Å². The Morgan fingerprint density at radius 1 is 1.12 bits per heavy atom. The topological polar surface area (TPSA) is 93.7 Å². The number of amides is 2. The van der Waals surface area contributed by atoms with Crippen molar-refractivity contribution in [2.75, 3.05) is 7.11 Å². The minimum absolute atomic E-state index is 0.113. The summed E-state index contributed by atoms with van der Waals surface area (Å²) < 4.78 is 9.76. The van der Waals surface area contributed by atoms with Gasteiger partial charge >= 0.3 is 12.1 Å². The molecule has 1 aromatic rings. The van der Waals surface area contributed by atoms with Crippen LogP contribution in [0.25, 0.3) is 0 Å². The molecule has 0 bridgehead atoms. The van der Waals surface area contributed by atoms with Gasteiger partial charge in [-0.05, 0) is 18.9 Å². The van der Waals surface area contributed by atoms with E-state index in [0.29, 0.717) is 6.42 Å². The van der Waals surface area contributed by atoms with Crippen LogP contribution in [0.15, 0.2) is 30.3 Å². The summed E-state index contributed by atoms with van der Waals surface area (Å²) in [5, 5.41) is 5.04. The smallest absolute Gasteiger partial charge is 0.408 e. The average Bonchev–Trinajstić information content (AvgIpc) is 2.63. The minimum atomic E-state index is -0.836. The largest absolute Gasteiger partial charge is 0.467 e. The van der Waals surface area contributed by atoms with E-state index < -0.39 is 30.1 Å². The lowest BCUT2D eigenvalue weighted by Crippen LogP contribution is -2.50. The summed E-state index contributed by atoms with van der Waals surface area (Å²) in [5.74, 6) is -0.969. The Morgan fingerprint density at radius 2 is 1.80 bits per heavy atom. The van der Waals surface area contributed by atoms with Crippen molar-refractivity contribution in [3.8, 4) is 0 Å². The Morgan fingerprint density at radius 3 is 2.40 bits per heavy atom. The Bertz CT molecular complexity index is 562. The Hall–Kier alpha value is -2.57. The zero-order valence-electron chi connectivity index (χ0n) is 14.9. The number of ether oxygens (including phenoxy) is 2. The molecular formula is C18H26N2O5. The molecule has 0 fully saturated rings. The molecule has 2 amide bonds. The van der Waals surface area contributed by atoms with Crippen molar-refractivity contribution in [3.63, 3.8) is 0 Å². The Kier molecular flexibility index (Phi) is 9.06. The second kappa shape index (κ2) is 11.1.